The monoisotopic (exact) mass is 380 g/mol. The fourth-order valence-electron chi connectivity index (χ4n) is 3.99. The average Bonchev–Trinajstić information content (AvgIpc) is 3.45. The molecule has 0 bridgehead atoms. The van der Waals surface area contributed by atoms with Crippen LogP contribution in [0.4, 0.5) is 11.4 Å². The number of aromatic nitrogens is 2. The third-order valence-electron chi connectivity index (χ3n) is 5.70. The van der Waals surface area contributed by atoms with Crippen LogP contribution in [0.1, 0.15) is 81.4 Å². The number of hydrogen-bond acceptors (Lipinski definition) is 3. The van der Waals surface area contributed by atoms with Gasteiger partial charge >= 0.3 is 0 Å². The molecule has 1 N–H and O–H groups in total. The Morgan fingerprint density at radius 1 is 1.04 bits per heavy atom. The Labute approximate surface area is 168 Å². The maximum atomic E-state index is 12.8. The minimum absolute atomic E-state index is 0.120. The second-order valence-corrected chi connectivity index (χ2v) is 9.21. The summed E-state index contributed by atoms with van der Waals surface area (Å²) in [7, 11) is 0. The van der Waals surface area contributed by atoms with Crippen molar-refractivity contribution in [2.45, 2.75) is 70.8 Å². The zero-order valence-electron chi connectivity index (χ0n) is 17.4. The number of amides is 1. The van der Waals surface area contributed by atoms with Crippen LogP contribution in [0.25, 0.3) is 0 Å². The molecule has 2 aliphatic rings. The van der Waals surface area contributed by atoms with Gasteiger partial charge in [-0.15, -0.1) is 0 Å². The number of benzene rings is 1. The maximum Gasteiger partial charge on any atom is 0.276 e. The van der Waals surface area contributed by atoms with Crippen LogP contribution in [0.5, 0.6) is 0 Å². The van der Waals surface area contributed by atoms with Crippen LogP contribution >= 0.6 is 0 Å². The highest BCUT2D eigenvalue weighted by Crippen LogP contribution is 2.41. The SMILES string of the molecule is CC(C)(C)n1nc(C(=O)Nc2ccc(N3CCCCCC3)cc2)cc1C1CC1. The molecule has 2 aromatic rings. The van der Waals surface area contributed by atoms with Gasteiger partial charge in [-0.1, -0.05) is 12.8 Å². The number of nitrogens with zero attached hydrogens (tertiary/aromatic N) is 3. The first-order valence-electron chi connectivity index (χ1n) is 10.7. The highest BCUT2D eigenvalue weighted by molar-refractivity contribution is 6.03. The maximum absolute atomic E-state index is 12.8. The summed E-state index contributed by atoms with van der Waals surface area (Å²) in [6.07, 6.45) is 7.57. The molecule has 150 valence electrons. The van der Waals surface area contributed by atoms with Gasteiger partial charge in [0.1, 0.15) is 0 Å². The van der Waals surface area contributed by atoms with Gasteiger partial charge in [0.2, 0.25) is 0 Å². The molecule has 1 amide bonds. The Morgan fingerprint density at radius 2 is 1.68 bits per heavy atom. The van der Waals surface area contributed by atoms with Gasteiger partial charge in [-0.2, -0.15) is 5.10 Å². The number of hydrogen-bond donors (Lipinski definition) is 1. The lowest BCUT2D eigenvalue weighted by Gasteiger charge is -2.22. The van der Waals surface area contributed by atoms with Crippen molar-refractivity contribution in [3.8, 4) is 0 Å². The lowest BCUT2D eigenvalue weighted by molar-refractivity contribution is 0.102. The molecule has 4 rings (SSSR count). The summed E-state index contributed by atoms with van der Waals surface area (Å²) in [5.74, 6) is 0.425. The standard InChI is InChI=1S/C23H32N4O/c1-23(2,3)27-21(17-8-9-17)16-20(25-27)22(28)24-18-10-12-19(13-11-18)26-14-6-4-5-7-15-26/h10-13,16-17H,4-9,14-15H2,1-3H3,(H,24,28). The molecule has 1 aliphatic carbocycles. The molecule has 5 nitrogen and oxygen atoms in total. The first kappa shape index (κ1) is 19.0. The Hall–Kier alpha value is -2.30. The Bertz CT molecular complexity index is 819. The quantitative estimate of drug-likeness (QED) is 0.798. The van der Waals surface area contributed by atoms with Crippen LogP contribution in [-0.4, -0.2) is 28.8 Å². The fourth-order valence-corrected chi connectivity index (χ4v) is 3.99. The number of carbonyl (C=O) groups is 1. The van der Waals surface area contributed by atoms with Crippen LogP contribution < -0.4 is 10.2 Å². The average molecular weight is 381 g/mol. The van der Waals surface area contributed by atoms with Crippen molar-refractivity contribution in [2.75, 3.05) is 23.3 Å². The van der Waals surface area contributed by atoms with Crippen molar-refractivity contribution in [2.24, 2.45) is 0 Å². The Kier molecular flexibility index (Phi) is 5.17. The van der Waals surface area contributed by atoms with Crippen molar-refractivity contribution in [1.82, 2.24) is 9.78 Å². The zero-order chi connectivity index (χ0) is 19.7. The van der Waals surface area contributed by atoms with Gasteiger partial charge in [-0.3, -0.25) is 9.48 Å². The van der Waals surface area contributed by atoms with Crippen LogP contribution in [0.2, 0.25) is 0 Å². The molecule has 28 heavy (non-hydrogen) atoms. The molecule has 1 saturated heterocycles. The molecule has 5 heteroatoms. The third-order valence-corrected chi connectivity index (χ3v) is 5.70. The zero-order valence-corrected chi connectivity index (χ0v) is 17.4. The van der Waals surface area contributed by atoms with Crippen molar-refractivity contribution in [3.63, 3.8) is 0 Å². The predicted octanol–water partition coefficient (Wildman–Crippen LogP) is 5.15. The molecule has 0 spiro atoms. The van der Waals surface area contributed by atoms with Crippen LogP contribution in [-0.2, 0) is 5.54 Å². The van der Waals surface area contributed by atoms with Crippen molar-refractivity contribution in [3.05, 3.63) is 41.7 Å². The molecule has 2 fully saturated rings. The summed E-state index contributed by atoms with van der Waals surface area (Å²) in [5, 5.41) is 7.66. The number of nitrogens with one attached hydrogen (secondary N) is 1. The lowest BCUT2D eigenvalue weighted by atomic mass is 10.1. The minimum atomic E-state index is -0.132. The molecule has 0 radical (unpaired) electrons. The number of anilines is 2. The molecule has 1 aromatic carbocycles. The predicted molar refractivity (Wildman–Crippen MR) is 114 cm³/mol. The van der Waals surface area contributed by atoms with E-state index in [1.165, 1.54) is 49.9 Å². The molecule has 1 saturated carbocycles. The van der Waals surface area contributed by atoms with E-state index in [9.17, 15) is 4.79 Å². The summed E-state index contributed by atoms with van der Waals surface area (Å²) in [6, 6.07) is 10.2. The highest BCUT2D eigenvalue weighted by Gasteiger charge is 2.32. The number of rotatable bonds is 4. The van der Waals surface area contributed by atoms with E-state index in [1.54, 1.807) is 0 Å². The molecule has 0 unspecified atom stereocenters. The van der Waals surface area contributed by atoms with E-state index in [4.69, 9.17) is 0 Å². The Morgan fingerprint density at radius 3 is 2.25 bits per heavy atom. The van der Waals surface area contributed by atoms with E-state index in [2.05, 4.69) is 48.2 Å². The van der Waals surface area contributed by atoms with Gasteiger partial charge in [0, 0.05) is 36.1 Å². The molecular formula is C23H32N4O. The van der Waals surface area contributed by atoms with E-state index in [0.29, 0.717) is 11.6 Å². The van der Waals surface area contributed by atoms with Crippen molar-refractivity contribution in [1.29, 1.82) is 0 Å². The second-order valence-electron chi connectivity index (χ2n) is 9.21. The number of carbonyl (C=O) groups excluding carboxylic acids is 1. The van der Waals surface area contributed by atoms with Gasteiger partial charge in [0.15, 0.2) is 5.69 Å². The minimum Gasteiger partial charge on any atom is -0.372 e. The first-order chi connectivity index (χ1) is 13.4. The van der Waals surface area contributed by atoms with Gasteiger partial charge in [-0.25, -0.2) is 0 Å². The van der Waals surface area contributed by atoms with E-state index in [1.807, 2.05) is 22.9 Å². The van der Waals surface area contributed by atoms with E-state index in [-0.39, 0.29) is 11.4 Å². The molecule has 0 atom stereocenters. The van der Waals surface area contributed by atoms with Crippen LogP contribution in [0.3, 0.4) is 0 Å². The van der Waals surface area contributed by atoms with E-state index in [0.717, 1.165) is 18.8 Å². The molecule has 2 heterocycles. The smallest absolute Gasteiger partial charge is 0.276 e. The van der Waals surface area contributed by atoms with E-state index >= 15 is 0 Å². The molecule has 1 aromatic heterocycles. The van der Waals surface area contributed by atoms with Gasteiger partial charge in [-0.05, 0) is 76.8 Å². The third kappa shape index (κ3) is 4.23. The van der Waals surface area contributed by atoms with Gasteiger partial charge in [0.25, 0.3) is 5.91 Å². The Balaban J connectivity index is 1.46. The fraction of sp³-hybridized carbons (Fsp3) is 0.565. The van der Waals surface area contributed by atoms with E-state index < -0.39 is 0 Å². The van der Waals surface area contributed by atoms with Crippen LogP contribution in [0.15, 0.2) is 30.3 Å². The summed E-state index contributed by atoms with van der Waals surface area (Å²) < 4.78 is 2.03. The normalized spacial score (nSPS) is 18.0. The molecule has 1 aliphatic heterocycles. The van der Waals surface area contributed by atoms with Crippen molar-refractivity contribution < 1.29 is 4.79 Å². The van der Waals surface area contributed by atoms with Gasteiger partial charge in [0.05, 0.1) is 5.54 Å². The summed E-state index contributed by atoms with van der Waals surface area (Å²) in [5.41, 5.74) is 3.64. The first-order valence-corrected chi connectivity index (χ1v) is 10.7. The highest BCUT2D eigenvalue weighted by atomic mass is 16.2. The largest absolute Gasteiger partial charge is 0.372 e. The lowest BCUT2D eigenvalue weighted by Crippen LogP contribution is -2.25. The summed E-state index contributed by atoms with van der Waals surface area (Å²) in [4.78, 5) is 15.2. The van der Waals surface area contributed by atoms with Gasteiger partial charge < -0.3 is 10.2 Å². The van der Waals surface area contributed by atoms with Crippen molar-refractivity contribution >= 4 is 17.3 Å². The topological polar surface area (TPSA) is 50.2 Å². The second kappa shape index (κ2) is 7.61. The molecular weight excluding hydrogens is 348 g/mol. The summed E-state index contributed by atoms with van der Waals surface area (Å²) in [6.45, 7) is 8.65. The summed E-state index contributed by atoms with van der Waals surface area (Å²) >= 11 is 0. The van der Waals surface area contributed by atoms with Crippen LogP contribution in [0, 0.1) is 0 Å².